The summed E-state index contributed by atoms with van der Waals surface area (Å²) in [6.45, 7) is 12.8. The van der Waals surface area contributed by atoms with Crippen LogP contribution in [0.4, 0.5) is 5.69 Å². The molecule has 2 aliphatic rings. The first-order valence-corrected chi connectivity index (χ1v) is 16.0. The molecule has 4 aromatic carbocycles. The summed E-state index contributed by atoms with van der Waals surface area (Å²) in [6.07, 6.45) is 11.3. The Bertz CT molecular complexity index is 1610. The maximum atomic E-state index is 6.37. The summed E-state index contributed by atoms with van der Waals surface area (Å²) in [5, 5.41) is 2.67. The minimum Gasteiger partial charge on any atom is -0.487 e. The number of benzene rings is 4. The van der Waals surface area contributed by atoms with Crippen LogP contribution in [0.5, 0.6) is 5.75 Å². The second kappa shape index (κ2) is 11.9. The van der Waals surface area contributed by atoms with Crippen LogP contribution < -0.4 is 4.74 Å². The van der Waals surface area contributed by atoms with E-state index >= 15 is 0 Å². The zero-order chi connectivity index (χ0) is 29.3. The highest BCUT2D eigenvalue weighted by Gasteiger charge is 2.49. The summed E-state index contributed by atoms with van der Waals surface area (Å²) in [7, 11) is 0. The maximum absolute atomic E-state index is 6.37. The molecule has 1 aliphatic heterocycles. The monoisotopic (exact) mass is 556 g/mol. The van der Waals surface area contributed by atoms with Crippen LogP contribution in [0.1, 0.15) is 80.2 Å². The molecule has 1 atom stereocenters. The van der Waals surface area contributed by atoms with Gasteiger partial charge < -0.3 is 4.74 Å². The highest BCUT2D eigenvalue weighted by atomic mass is 16.5. The molecule has 0 aromatic heterocycles. The van der Waals surface area contributed by atoms with Crippen LogP contribution in [0.2, 0.25) is 0 Å². The molecule has 0 bridgehead atoms. The summed E-state index contributed by atoms with van der Waals surface area (Å²) >= 11 is 0. The number of nitrogens with zero attached hydrogens (tertiary/aromatic N) is 1. The Morgan fingerprint density at radius 1 is 0.905 bits per heavy atom. The predicted molar refractivity (Wildman–Crippen MR) is 178 cm³/mol. The molecule has 1 unspecified atom stereocenters. The van der Waals surface area contributed by atoms with Gasteiger partial charge in [0.25, 0.3) is 0 Å². The summed E-state index contributed by atoms with van der Waals surface area (Å²) in [4.78, 5) is 0. The molecular weight excluding hydrogens is 510 g/mol. The van der Waals surface area contributed by atoms with Crippen LogP contribution >= 0.6 is 0 Å². The third kappa shape index (κ3) is 5.69. The van der Waals surface area contributed by atoms with E-state index in [1.165, 1.54) is 75.7 Å². The lowest BCUT2D eigenvalue weighted by Crippen LogP contribution is -2.34. The van der Waals surface area contributed by atoms with E-state index in [1.54, 1.807) is 0 Å². The quantitative estimate of drug-likeness (QED) is 0.187. The first kappa shape index (κ1) is 28.5. The fourth-order valence-corrected chi connectivity index (χ4v) is 7.47. The number of fused-ring (bicyclic) bond motifs is 3. The Hall–Kier alpha value is -3.65. The Balaban J connectivity index is 1.43. The van der Waals surface area contributed by atoms with Gasteiger partial charge in [-0.15, -0.1) is 0 Å². The van der Waals surface area contributed by atoms with Gasteiger partial charge in [-0.2, -0.15) is 4.58 Å². The fourth-order valence-electron chi connectivity index (χ4n) is 7.47. The molecule has 2 heteroatoms. The lowest BCUT2D eigenvalue weighted by molar-refractivity contribution is -0.439. The van der Waals surface area contributed by atoms with E-state index in [1.807, 2.05) is 0 Å². The molecule has 4 aromatic rings. The van der Waals surface area contributed by atoms with Gasteiger partial charge in [-0.05, 0) is 92.0 Å². The van der Waals surface area contributed by atoms with Gasteiger partial charge in [0.05, 0.1) is 5.41 Å². The van der Waals surface area contributed by atoms with Crippen LogP contribution in [-0.2, 0) is 11.8 Å². The Kier molecular flexibility index (Phi) is 8.08. The van der Waals surface area contributed by atoms with Crippen molar-refractivity contribution < 1.29 is 9.31 Å². The van der Waals surface area contributed by atoms with E-state index in [4.69, 9.17) is 4.74 Å². The molecular formula is C40H46NO+. The standard InChI is InChI=1S/C40H46NO/c1-28(2)33-15-18-35(19-16-33)42-23-22-41-37-20-17-34-12-8-9-13-36(34)39(37)40(5,27-32-25-29(3)24-30(4)26-32)38(41)21-14-31-10-6-7-11-31/h8-9,12-21,24-26,28,31H,6-7,10-11,22-23,27H2,1-5H3/q+1/b21-14+. The zero-order valence-electron chi connectivity index (χ0n) is 26.1. The highest BCUT2D eigenvalue weighted by Crippen LogP contribution is 2.46. The summed E-state index contributed by atoms with van der Waals surface area (Å²) in [5.74, 6) is 2.15. The SMILES string of the molecule is Cc1cc(C)cc(CC2(C)C(/C=C/C3CCCC3)=[N+](CCOc3ccc(C(C)C)cc3)c3ccc4ccccc4c32)c1. The minimum absolute atomic E-state index is 0.162. The van der Waals surface area contributed by atoms with Gasteiger partial charge in [-0.3, -0.25) is 0 Å². The van der Waals surface area contributed by atoms with Crippen molar-refractivity contribution in [2.24, 2.45) is 5.92 Å². The number of hydrogen-bond acceptors (Lipinski definition) is 1. The lowest BCUT2D eigenvalue weighted by atomic mass is 9.72. The minimum atomic E-state index is -0.162. The summed E-state index contributed by atoms with van der Waals surface area (Å²) < 4.78 is 8.94. The van der Waals surface area contributed by atoms with Crippen LogP contribution in [0.15, 0.2) is 91.0 Å². The van der Waals surface area contributed by atoms with E-state index in [0.717, 1.165) is 18.7 Å². The van der Waals surface area contributed by atoms with Gasteiger partial charge in [-0.1, -0.05) is 98.5 Å². The molecule has 0 spiro atoms. The molecule has 1 heterocycles. The van der Waals surface area contributed by atoms with Crippen molar-refractivity contribution in [1.29, 1.82) is 0 Å². The number of ether oxygens (including phenoxy) is 1. The van der Waals surface area contributed by atoms with Crippen molar-refractivity contribution in [2.75, 3.05) is 13.2 Å². The Labute approximate surface area is 252 Å². The van der Waals surface area contributed by atoms with Crippen LogP contribution in [-0.4, -0.2) is 23.4 Å². The number of rotatable bonds is 9. The first-order chi connectivity index (χ1) is 20.3. The van der Waals surface area contributed by atoms with Crippen LogP contribution in [0.25, 0.3) is 10.8 Å². The van der Waals surface area contributed by atoms with Gasteiger partial charge in [0, 0.05) is 17.7 Å². The van der Waals surface area contributed by atoms with Crippen molar-refractivity contribution in [3.63, 3.8) is 0 Å². The van der Waals surface area contributed by atoms with Gasteiger partial charge in [0.15, 0.2) is 12.3 Å². The molecule has 2 nitrogen and oxygen atoms in total. The Morgan fingerprint density at radius 3 is 2.33 bits per heavy atom. The van der Waals surface area contributed by atoms with Crippen LogP contribution in [0.3, 0.4) is 0 Å². The number of aryl methyl sites for hydroxylation is 2. The third-order valence-corrected chi connectivity index (χ3v) is 9.50. The molecule has 216 valence electrons. The van der Waals surface area contributed by atoms with Crippen molar-refractivity contribution in [3.05, 3.63) is 119 Å². The molecule has 6 rings (SSSR count). The molecule has 1 aliphatic carbocycles. The number of allylic oxidation sites excluding steroid dienone is 2. The topological polar surface area (TPSA) is 12.2 Å². The number of hydrogen-bond donors (Lipinski definition) is 0. The smallest absolute Gasteiger partial charge is 0.210 e. The lowest BCUT2D eigenvalue weighted by Gasteiger charge is -2.25. The molecule has 1 fully saturated rings. The highest BCUT2D eigenvalue weighted by molar-refractivity contribution is 6.08. The summed E-state index contributed by atoms with van der Waals surface area (Å²) in [5.41, 5.74) is 9.44. The van der Waals surface area contributed by atoms with Crippen molar-refractivity contribution >= 4 is 22.2 Å². The van der Waals surface area contributed by atoms with Crippen molar-refractivity contribution in [2.45, 2.75) is 78.1 Å². The van der Waals surface area contributed by atoms with E-state index in [2.05, 4.69) is 130 Å². The zero-order valence-corrected chi connectivity index (χ0v) is 26.1. The average Bonchev–Trinajstić information content (AvgIpc) is 3.56. The Morgan fingerprint density at radius 2 is 1.62 bits per heavy atom. The normalized spacial score (nSPS) is 19.0. The summed E-state index contributed by atoms with van der Waals surface area (Å²) in [6, 6.07) is 29.3. The molecule has 1 saturated carbocycles. The van der Waals surface area contributed by atoms with E-state index in [-0.39, 0.29) is 5.41 Å². The second-order valence-electron chi connectivity index (χ2n) is 13.2. The maximum Gasteiger partial charge on any atom is 0.210 e. The predicted octanol–water partition coefficient (Wildman–Crippen LogP) is 10.0. The average molecular weight is 557 g/mol. The molecule has 0 amide bonds. The molecule has 0 radical (unpaired) electrons. The fraction of sp³-hybridized carbons (Fsp3) is 0.375. The van der Waals surface area contributed by atoms with Gasteiger partial charge in [-0.25, -0.2) is 0 Å². The molecule has 0 saturated heterocycles. The third-order valence-electron chi connectivity index (χ3n) is 9.50. The van der Waals surface area contributed by atoms with E-state index in [9.17, 15) is 0 Å². The molecule has 0 N–H and O–H groups in total. The van der Waals surface area contributed by atoms with Gasteiger partial charge >= 0.3 is 0 Å². The largest absolute Gasteiger partial charge is 0.487 e. The molecule has 42 heavy (non-hydrogen) atoms. The van der Waals surface area contributed by atoms with E-state index in [0.29, 0.717) is 18.4 Å². The van der Waals surface area contributed by atoms with Crippen LogP contribution in [0, 0.1) is 19.8 Å². The van der Waals surface area contributed by atoms with E-state index < -0.39 is 0 Å². The van der Waals surface area contributed by atoms with Crippen molar-refractivity contribution in [1.82, 2.24) is 0 Å². The first-order valence-electron chi connectivity index (χ1n) is 16.0. The van der Waals surface area contributed by atoms with Crippen molar-refractivity contribution in [3.8, 4) is 5.75 Å². The second-order valence-corrected chi connectivity index (χ2v) is 13.2. The van der Waals surface area contributed by atoms with Gasteiger partial charge in [0.1, 0.15) is 12.4 Å². The van der Waals surface area contributed by atoms with Gasteiger partial charge in [0.2, 0.25) is 5.69 Å².